The summed E-state index contributed by atoms with van der Waals surface area (Å²) in [7, 11) is 0. The molecule has 0 amide bonds. The van der Waals surface area contributed by atoms with E-state index in [-0.39, 0.29) is 22.4 Å². The molecule has 0 radical (unpaired) electrons. The maximum Gasteiger partial charge on any atom is 0.418 e. The molecule has 130 valence electrons. The Bertz CT molecular complexity index is 973. The van der Waals surface area contributed by atoms with Crippen LogP contribution in [-0.2, 0) is 23.0 Å². The number of alkyl halides is 3. The normalized spacial score (nSPS) is 13.1. The van der Waals surface area contributed by atoms with Crippen molar-refractivity contribution in [1.29, 1.82) is 0 Å². The van der Waals surface area contributed by atoms with Crippen molar-refractivity contribution >= 4 is 22.0 Å². The number of aromatic hydroxyl groups is 1. The first-order chi connectivity index (χ1) is 11.8. The van der Waals surface area contributed by atoms with Gasteiger partial charge < -0.3 is 9.66 Å². The first kappa shape index (κ1) is 17.4. The molecule has 0 fully saturated rings. The summed E-state index contributed by atoms with van der Waals surface area (Å²) in [6.45, 7) is 0. The summed E-state index contributed by atoms with van der Waals surface area (Å²) in [5, 5.41) is 9.90. The van der Waals surface area contributed by atoms with Crippen LogP contribution in [-0.4, -0.2) is 18.9 Å². The second-order valence-corrected chi connectivity index (χ2v) is 6.31. The van der Waals surface area contributed by atoms with Crippen LogP contribution in [0.4, 0.5) is 13.2 Å². The molecular weight excluding hydrogens is 355 g/mol. The summed E-state index contributed by atoms with van der Waals surface area (Å²) in [5.41, 5.74) is -0.0382. The number of halogens is 3. The molecule has 0 spiro atoms. The highest BCUT2D eigenvalue weighted by molar-refractivity contribution is 7.78. The molecule has 0 saturated heterocycles. The molecule has 1 aromatic heterocycles. The minimum atomic E-state index is -4.58. The number of nitrogens with zero attached hydrogens (tertiary/aromatic N) is 1. The molecule has 0 aliphatic heterocycles. The molecule has 8 heteroatoms. The van der Waals surface area contributed by atoms with Crippen LogP contribution < -0.4 is 0 Å². The Morgan fingerprint density at radius 1 is 1.12 bits per heavy atom. The predicted octanol–water partition coefficient (Wildman–Crippen LogP) is 4.35. The number of benzene rings is 2. The van der Waals surface area contributed by atoms with Gasteiger partial charge in [-0.3, -0.25) is 4.98 Å². The monoisotopic (exact) mass is 367 g/mol. The number of pyridine rings is 1. The van der Waals surface area contributed by atoms with Crippen LogP contribution in [0.3, 0.4) is 0 Å². The van der Waals surface area contributed by atoms with Crippen LogP contribution in [0, 0.1) is 0 Å². The summed E-state index contributed by atoms with van der Waals surface area (Å²) in [4.78, 5) is 3.88. The second kappa shape index (κ2) is 6.45. The smallest absolute Gasteiger partial charge is 0.418 e. The van der Waals surface area contributed by atoms with Crippen molar-refractivity contribution in [2.24, 2.45) is 0 Å². The third-order valence-corrected chi connectivity index (χ3v) is 4.25. The minimum absolute atomic E-state index is 0.0643. The lowest BCUT2D eigenvalue weighted by molar-refractivity contribution is -0.136. The number of hydrogen-bond acceptors (Lipinski definition) is 3. The Labute approximate surface area is 143 Å². The van der Waals surface area contributed by atoms with E-state index < -0.39 is 22.8 Å². The van der Waals surface area contributed by atoms with Crippen molar-refractivity contribution in [3.8, 4) is 16.9 Å². The van der Waals surface area contributed by atoms with Crippen molar-refractivity contribution in [3.05, 3.63) is 59.8 Å². The summed E-state index contributed by atoms with van der Waals surface area (Å²) < 4.78 is 60.2. The minimum Gasteiger partial charge on any atom is -0.508 e. The number of aromatic nitrogens is 1. The van der Waals surface area contributed by atoms with E-state index in [4.69, 9.17) is 0 Å². The van der Waals surface area contributed by atoms with Crippen LogP contribution in [0.1, 0.15) is 11.1 Å². The third-order valence-electron chi connectivity index (χ3n) is 3.70. The van der Waals surface area contributed by atoms with Gasteiger partial charge in [0.15, 0.2) is 11.1 Å². The average Bonchev–Trinajstić information content (AvgIpc) is 2.52. The Hall–Kier alpha value is -2.45. The number of phenols is 1. The summed E-state index contributed by atoms with van der Waals surface area (Å²) >= 11 is -2.20. The molecule has 0 saturated carbocycles. The van der Waals surface area contributed by atoms with E-state index in [2.05, 4.69) is 4.98 Å². The number of fused-ring (bicyclic) bond motifs is 1. The van der Waals surface area contributed by atoms with E-state index >= 15 is 0 Å². The van der Waals surface area contributed by atoms with Gasteiger partial charge in [0.25, 0.3) is 0 Å². The molecule has 3 rings (SSSR count). The largest absolute Gasteiger partial charge is 0.508 e. The molecule has 4 nitrogen and oxygen atoms in total. The molecule has 1 unspecified atom stereocenters. The second-order valence-electron chi connectivity index (χ2n) is 5.37. The predicted molar refractivity (Wildman–Crippen MR) is 88.3 cm³/mol. The van der Waals surface area contributed by atoms with Gasteiger partial charge in [-0.2, -0.15) is 13.2 Å². The Morgan fingerprint density at radius 2 is 1.84 bits per heavy atom. The van der Waals surface area contributed by atoms with Gasteiger partial charge in [0.1, 0.15) is 5.75 Å². The van der Waals surface area contributed by atoms with Gasteiger partial charge >= 0.3 is 6.18 Å². The molecule has 3 aromatic rings. The standard InChI is InChI=1S/C17H12F3NO3S/c18-17(19,20)14-6-2-5-13-15(10-3-1-4-12(22)7-10)11(9-25(23)24)8-21-16(13)14/h1-8,22H,9H2,(H,23,24). The summed E-state index contributed by atoms with van der Waals surface area (Å²) in [6, 6.07) is 9.64. The Balaban J connectivity index is 2.39. The molecule has 0 bridgehead atoms. The lowest BCUT2D eigenvalue weighted by Gasteiger charge is -2.15. The number of phenolic OH excluding ortho intramolecular Hbond substituents is 1. The zero-order valence-corrected chi connectivity index (χ0v) is 13.4. The average molecular weight is 367 g/mol. The SMILES string of the molecule is O=S(O)Cc1cnc2c(C(F)(F)F)cccc2c1-c1cccc(O)c1. The molecule has 1 heterocycles. The molecular formula is C17H12F3NO3S. The molecule has 25 heavy (non-hydrogen) atoms. The van der Waals surface area contributed by atoms with Crippen molar-refractivity contribution in [1.82, 2.24) is 4.98 Å². The quantitative estimate of drug-likeness (QED) is 0.676. The summed E-state index contributed by atoms with van der Waals surface area (Å²) in [6.07, 6.45) is -3.41. The fraction of sp³-hybridized carbons (Fsp3) is 0.118. The van der Waals surface area contributed by atoms with Crippen molar-refractivity contribution in [2.75, 3.05) is 0 Å². The fourth-order valence-corrected chi connectivity index (χ4v) is 3.22. The lowest BCUT2D eigenvalue weighted by atomic mass is 9.95. The molecule has 2 aromatic carbocycles. The number of hydrogen-bond donors (Lipinski definition) is 2. The van der Waals surface area contributed by atoms with Crippen LogP contribution in [0.25, 0.3) is 22.0 Å². The van der Waals surface area contributed by atoms with E-state index in [0.717, 1.165) is 6.07 Å². The maximum absolute atomic E-state index is 13.3. The zero-order valence-electron chi connectivity index (χ0n) is 12.6. The fourth-order valence-electron chi connectivity index (χ4n) is 2.74. The highest BCUT2D eigenvalue weighted by Crippen LogP contribution is 2.39. The van der Waals surface area contributed by atoms with Gasteiger partial charge in [-0.25, -0.2) is 4.21 Å². The van der Waals surface area contributed by atoms with E-state index in [1.807, 2.05) is 0 Å². The highest BCUT2D eigenvalue weighted by atomic mass is 32.2. The van der Waals surface area contributed by atoms with Crippen molar-refractivity contribution in [2.45, 2.75) is 11.9 Å². The summed E-state index contributed by atoms with van der Waals surface area (Å²) in [5.74, 6) is -0.352. The third kappa shape index (κ3) is 3.49. The maximum atomic E-state index is 13.3. The highest BCUT2D eigenvalue weighted by Gasteiger charge is 2.33. The first-order valence-corrected chi connectivity index (χ1v) is 8.39. The zero-order chi connectivity index (χ0) is 18.2. The van der Waals surface area contributed by atoms with Gasteiger partial charge in [-0.05, 0) is 34.9 Å². The van der Waals surface area contributed by atoms with Gasteiger partial charge in [-0.15, -0.1) is 0 Å². The number of rotatable bonds is 3. The van der Waals surface area contributed by atoms with Crippen LogP contribution in [0.15, 0.2) is 48.7 Å². The molecule has 1 atom stereocenters. The van der Waals surface area contributed by atoms with E-state index in [1.54, 1.807) is 12.1 Å². The Kier molecular flexibility index (Phi) is 4.49. The van der Waals surface area contributed by atoms with Gasteiger partial charge in [0, 0.05) is 11.6 Å². The van der Waals surface area contributed by atoms with Gasteiger partial charge in [0.2, 0.25) is 0 Å². The van der Waals surface area contributed by atoms with E-state index in [1.165, 1.54) is 30.5 Å². The lowest BCUT2D eigenvalue weighted by Crippen LogP contribution is -2.08. The Morgan fingerprint density at radius 3 is 2.48 bits per heavy atom. The molecule has 0 aliphatic carbocycles. The first-order valence-electron chi connectivity index (χ1n) is 7.12. The van der Waals surface area contributed by atoms with E-state index in [9.17, 15) is 27.0 Å². The van der Waals surface area contributed by atoms with E-state index in [0.29, 0.717) is 16.7 Å². The van der Waals surface area contributed by atoms with Gasteiger partial charge in [-0.1, -0.05) is 24.3 Å². The molecule has 2 N–H and O–H groups in total. The number of para-hydroxylation sites is 1. The topological polar surface area (TPSA) is 70.4 Å². The molecule has 0 aliphatic rings. The van der Waals surface area contributed by atoms with Crippen molar-refractivity contribution in [3.63, 3.8) is 0 Å². The van der Waals surface area contributed by atoms with Gasteiger partial charge in [0.05, 0.1) is 16.8 Å². The van der Waals surface area contributed by atoms with Crippen LogP contribution in [0.2, 0.25) is 0 Å². The van der Waals surface area contributed by atoms with Crippen LogP contribution in [0.5, 0.6) is 5.75 Å². The van der Waals surface area contributed by atoms with Crippen molar-refractivity contribution < 1.29 is 27.0 Å². The van der Waals surface area contributed by atoms with Crippen LogP contribution >= 0.6 is 0 Å².